The van der Waals surface area contributed by atoms with Gasteiger partial charge in [-0.25, -0.2) is 4.79 Å². The Morgan fingerprint density at radius 3 is 2.54 bits per heavy atom. The van der Waals surface area contributed by atoms with Gasteiger partial charge in [0.05, 0.1) is 16.4 Å². The van der Waals surface area contributed by atoms with Crippen LogP contribution in [0.5, 0.6) is 0 Å². The van der Waals surface area contributed by atoms with Crippen molar-refractivity contribution in [3.8, 4) is 0 Å². The van der Waals surface area contributed by atoms with Gasteiger partial charge in [0.25, 0.3) is 5.56 Å². The second kappa shape index (κ2) is 6.15. The molecule has 5 aromatic rings. The number of fused-ring (bicyclic) bond motifs is 5. The first kappa shape index (κ1) is 17.4. The Morgan fingerprint density at radius 1 is 0.964 bits per heavy atom. The lowest BCUT2D eigenvalue weighted by atomic mass is 10.0. The zero-order valence-corrected chi connectivity index (χ0v) is 17.2. The summed E-state index contributed by atoms with van der Waals surface area (Å²) in [6, 6.07) is 15.8. The van der Waals surface area contributed by atoms with E-state index in [0.29, 0.717) is 24.0 Å². The first-order valence-electron chi connectivity index (χ1n) is 9.13. The van der Waals surface area contributed by atoms with Crippen molar-refractivity contribution in [2.75, 3.05) is 20.6 Å². The maximum absolute atomic E-state index is 13.3. The number of benzene rings is 3. The number of hydrogen-bond acceptors (Lipinski definition) is 3. The molecule has 5 rings (SSSR count). The minimum atomic E-state index is -0.276. The molecule has 6 heteroatoms. The van der Waals surface area contributed by atoms with E-state index in [1.165, 1.54) is 4.57 Å². The molecule has 2 heterocycles. The Kier molecular flexibility index (Phi) is 3.82. The highest BCUT2D eigenvalue weighted by Crippen LogP contribution is 2.35. The first-order valence-corrected chi connectivity index (χ1v) is 9.93. The van der Waals surface area contributed by atoms with Gasteiger partial charge in [0.2, 0.25) is 0 Å². The SMILES string of the molecule is CN(C)CCn1c(=O)c2cccc3c4c5ccc(Br)cc5ccc4n(c1=O)c23. The van der Waals surface area contributed by atoms with E-state index in [4.69, 9.17) is 0 Å². The summed E-state index contributed by atoms with van der Waals surface area (Å²) in [4.78, 5) is 28.4. The monoisotopic (exact) mass is 435 g/mol. The van der Waals surface area contributed by atoms with Crippen LogP contribution in [-0.2, 0) is 6.54 Å². The van der Waals surface area contributed by atoms with E-state index < -0.39 is 0 Å². The smallest absolute Gasteiger partial charge is 0.308 e. The van der Waals surface area contributed by atoms with Crippen LogP contribution in [0.4, 0.5) is 0 Å². The minimum Gasteiger partial charge on any atom is -0.308 e. The Labute approximate surface area is 168 Å². The van der Waals surface area contributed by atoms with Crippen molar-refractivity contribution in [1.82, 2.24) is 13.9 Å². The van der Waals surface area contributed by atoms with Gasteiger partial charge in [-0.1, -0.05) is 40.2 Å². The van der Waals surface area contributed by atoms with E-state index in [2.05, 4.69) is 28.1 Å². The molecule has 0 saturated carbocycles. The van der Waals surface area contributed by atoms with E-state index in [1.807, 2.05) is 55.4 Å². The molecule has 0 N–H and O–H groups in total. The van der Waals surface area contributed by atoms with Crippen LogP contribution in [0.25, 0.3) is 38.0 Å². The molecular formula is C22H18BrN3O2. The number of halogens is 1. The molecular weight excluding hydrogens is 418 g/mol. The molecule has 5 nitrogen and oxygen atoms in total. The van der Waals surface area contributed by atoms with Crippen molar-refractivity contribution in [2.24, 2.45) is 0 Å². The van der Waals surface area contributed by atoms with Gasteiger partial charge in [0, 0.05) is 28.3 Å². The second-order valence-corrected chi connectivity index (χ2v) is 8.32. The van der Waals surface area contributed by atoms with Gasteiger partial charge in [-0.05, 0) is 49.1 Å². The van der Waals surface area contributed by atoms with Gasteiger partial charge in [-0.3, -0.25) is 13.8 Å². The summed E-state index contributed by atoms with van der Waals surface area (Å²) in [6.07, 6.45) is 0. The number of para-hydroxylation sites is 1. The van der Waals surface area contributed by atoms with Gasteiger partial charge in [0.1, 0.15) is 0 Å². The molecule has 0 fully saturated rings. The van der Waals surface area contributed by atoms with Crippen molar-refractivity contribution in [2.45, 2.75) is 6.54 Å². The standard InChI is InChI=1S/C22H18BrN3O2/c1-24(2)10-11-25-21(27)17-5-3-4-16-19-15-8-7-14(23)12-13(15)6-9-18(19)26(20(16)17)22(25)28/h3-9,12H,10-11H2,1-2H3. The first-order chi connectivity index (χ1) is 13.5. The van der Waals surface area contributed by atoms with Crippen LogP contribution in [-0.4, -0.2) is 34.5 Å². The molecule has 0 saturated heterocycles. The summed E-state index contributed by atoms with van der Waals surface area (Å²) in [5.74, 6) is 0. The maximum atomic E-state index is 13.3. The fraction of sp³-hybridized carbons (Fsp3) is 0.182. The largest absolute Gasteiger partial charge is 0.336 e. The molecule has 0 amide bonds. The van der Waals surface area contributed by atoms with Gasteiger partial charge >= 0.3 is 5.69 Å². The molecule has 3 aromatic carbocycles. The number of likely N-dealkylation sites (N-methyl/N-ethyl adjacent to an activating group) is 1. The summed E-state index contributed by atoms with van der Waals surface area (Å²) in [6.45, 7) is 0.986. The molecule has 0 bridgehead atoms. The van der Waals surface area contributed by atoms with E-state index in [9.17, 15) is 9.59 Å². The summed E-state index contributed by atoms with van der Waals surface area (Å²) < 4.78 is 4.07. The molecule has 0 radical (unpaired) electrons. The van der Waals surface area contributed by atoms with E-state index in [0.717, 1.165) is 31.5 Å². The van der Waals surface area contributed by atoms with Crippen molar-refractivity contribution < 1.29 is 0 Å². The predicted octanol–water partition coefficient (Wildman–Crippen LogP) is 3.68. The van der Waals surface area contributed by atoms with Crippen LogP contribution in [0.1, 0.15) is 0 Å². The molecule has 0 aliphatic rings. The topological polar surface area (TPSA) is 46.7 Å². The van der Waals surface area contributed by atoms with Crippen LogP contribution in [0.3, 0.4) is 0 Å². The van der Waals surface area contributed by atoms with Gasteiger partial charge < -0.3 is 4.90 Å². The Bertz CT molecular complexity index is 1500. The summed E-state index contributed by atoms with van der Waals surface area (Å²) in [5.41, 5.74) is 1.05. The summed E-state index contributed by atoms with van der Waals surface area (Å²) in [7, 11) is 3.86. The average molecular weight is 436 g/mol. The zero-order chi connectivity index (χ0) is 19.6. The number of nitrogens with zero attached hydrogens (tertiary/aromatic N) is 3. The quantitative estimate of drug-likeness (QED) is 0.434. The van der Waals surface area contributed by atoms with Crippen molar-refractivity contribution in [1.29, 1.82) is 0 Å². The molecule has 0 aliphatic carbocycles. The van der Waals surface area contributed by atoms with Gasteiger partial charge in [-0.2, -0.15) is 0 Å². The number of rotatable bonds is 3. The maximum Gasteiger partial charge on any atom is 0.336 e. The summed E-state index contributed by atoms with van der Waals surface area (Å²) >= 11 is 3.53. The van der Waals surface area contributed by atoms with Crippen LogP contribution >= 0.6 is 15.9 Å². The molecule has 140 valence electrons. The summed E-state index contributed by atoms with van der Waals surface area (Å²) in [5, 5.41) is 4.70. The molecule has 0 atom stereocenters. The fourth-order valence-corrected chi connectivity index (χ4v) is 4.47. The van der Waals surface area contributed by atoms with Crippen molar-refractivity contribution in [3.05, 3.63) is 73.8 Å². The fourth-order valence-electron chi connectivity index (χ4n) is 4.09. The average Bonchev–Trinajstić information content (AvgIpc) is 3.01. The Hall–Kier alpha value is -2.70. The number of aromatic nitrogens is 2. The molecule has 0 unspecified atom stereocenters. The molecule has 2 aromatic heterocycles. The van der Waals surface area contributed by atoms with Crippen molar-refractivity contribution >= 4 is 53.9 Å². The number of hydrogen-bond donors (Lipinski definition) is 0. The van der Waals surface area contributed by atoms with Crippen molar-refractivity contribution in [3.63, 3.8) is 0 Å². The van der Waals surface area contributed by atoms with Crippen LogP contribution in [0.2, 0.25) is 0 Å². The molecule has 0 spiro atoms. The van der Waals surface area contributed by atoms with Crippen LogP contribution in [0.15, 0.2) is 62.6 Å². The van der Waals surface area contributed by atoms with Gasteiger partial charge in [0.15, 0.2) is 0 Å². The third-order valence-electron chi connectivity index (χ3n) is 5.40. The normalized spacial score (nSPS) is 12.3. The highest BCUT2D eigenvalue weighted by atomic mass is 79.9. The third-order valence-corrected chi connectivity index (χ3v) is 5.89. The lowest BCUT2D eigenvalue weighted by Gasteiger charge is -2.12. The van der Waals surface area contributed by atoms with Crippen LogP contribution in [0, 0.1) is 0 Å². The molecule has 0 aliphatic heterocycles. The predicted molar refractivity (Wildman–Crippen MR) is 118 cm³/mol. The second-order valence-electron chi connectivity index (χ2n) is 7.40. The highest BCUT2D eigenvalue weighted by molar-refractivity contribution is 9.10. The van der Waals surface area contributed by atoms with Crippen LogP contribution < -0.4 is 11.2 Å². The minimum absolute atomic E-state index is 0.222. The lowest BCUT2D eigenvalue weighted by molar-refractivity contribution is 0.376. The Morgan fingerprint density at radius 2 is 1.75 bits per heavy atom. The van der Waals surface area contributed by atoms with E-state index in [1.54, 1.807) is 4.40 Å². The van der Waals surface area contributed by atoms with E-state index >= 15 is 0 Å². The van der Waals surface area contributed by atoms with Gasteiger partial charge in [-0.15, -0.1) is 0 Å². The molecule has 28 heavy (non-hydrogen) atoms. The third kappa shape index (κ3) is 2.34. The lowest BCUT2D eigenvalue weighted by Crippen LogP contribution is -2.39. The highest BCUT2D eigenvalue weighted by Gasteiger charge is 2.19. The van der Waals surface area contributed by atoms with E-state index in [-0.39, 0.29) is 11.2 Å². The zero-order valence-electron chi connectivity index (χ0n) is 15.6. The Balaban J connectivity index is 2.01.